The molecule has 1 aromatic carbocycles. The number of nitrogens with one attached hydrogen (secondary N) is 1. The number of hydrogen-bond acceptors (Lipinski definition) is 5. The Morgan fingerprint density at radius 2 is 2.10 bits per heavy atom. The predicted octanol–water partition coefficient (Wildman–Crippen LogP) is 1.39. The van der Waals surface area contributed by atoms with Gasteiger partial charge in [-0.1, -0.05) is 11.6 Å². The lowest BCUT2D eigenvalue weighted by Gasteiger charge is -2.14. The number of nitro groups is 1. The number of hydrogen-bond donors (Lipinski definition) is 2. The Labute approximate surface area is 124 Å². The van der Waals surface area contributed by atoms with Crippen LogP contribution in [0, 0.1) is 16.0 Å². The first-order chi connectivity index (χ1) is 9.72. The molecule has 2 rings (SSSR count). The lowest BCUT2D eigenvalue weighted by molar-refractivity contribution is -0.387. The van der Waals surface area contributed by atoms with E-state index in [4.69, 9.17) is 16.7 Å². The monoisotopic (exact) mass is 334 g/mol. The maximum Gasteiger partial charge on any atom is 0.322 e. The van der Waals surface area contributed by atoms with Gasteiger partial charge in [0.15, 0.2) is 4.90 Å². The first-order valence-electron chi connectivity index (χ1n) is 5.91. The number of nitrogens with zero attached hydrogens (tertiary/aromatic N) is 1. The van der Waals surface area contributed by atoms with Crippen molar-refractivity contribution < 1.29 is 23.2 Å². The summed E-state index contributed by atoms with van der Waals surface area (Å²) in [5.41, 5.74) is -0.699. The first kappa shape index (κ1) is 15.7. The smallest absolute Gasteiger partial charge is 0.322 e. The van der Waals surface area contributed by atoms with E-state index in [1.54, 1.807) is 0 Å². The minimum Gasteiger partial charge on any atom is -0.480 e. The third-order valence-electron chi connectivity index (χ3n) is 3.05. The van der Waals surface area contributed by atoms with Crippen molar-refractivity contribution in [2.24, 2.45) is 5.92 Å². The summed E-state index contributed by atoms with van der Waals surface area (Å²) in [4.78, 5) is 20.5. The van der Waals surface area contributed by atoms with Gasteiger partial charge < -0.3 is 5.11 Å². The number of rotatable bonds is 6. The van der Waals surface area contributed by atoms with E-state index in [1.165, 1.54) is 6.07 Å². The Balaban J connectivity index is 2.39. The summed E-state index contributed by atoms with van der Waals surface area (Å²) < 4.78 is 26.4. The highest BCUT2D eigenvalue weighted by atomic mass is 35.5. The first-order valence-corrected chi connectivity index (χ1v) is 7.77. The maximum atomic E-state index is 12.2. The fourth-order valence-corrected chi connectivity index (χ4v) is 3.45. The van der Waals surface area contributed by atoms with Crippen LogP contribution in [-0.2, 0) is 14.8 Å². The van der Waals surface area contributed by atoms with Crippen molar-refractivity contribution >= 4 is 33.3 Å². The van der Waals surface area contributed by atoms with Gasteiger partial charge in [0.05, 0.1) is 4.92 Å². The van der Waals surface area contributed by atoms with Crippen molar-refractivity contribution in [1.82, 2.24) is 4.72 Å². The maximum absolute atomic E-state index is 12.2. The molecule has 1 atom stereocenters. The standard InChI is InChI=1S/C11H11ClN2O6S/c12-7-3-4-9(8(5-7)14(17)18)21(19,20)13-10(11(15)16)6-1-2-6/h3-6,10,13H,1-2H2,(H,15,16). The second kappa shape index (κ2) is 5.58. The zero-order chi connectivity index (χ0) is 15.8. The van der Waals surface area contributed by atoms with Crippen LogP contribution < -0.4 is 4.72 Å². The number of benzene rings is 1. The van der Waals surface area contributed by atoms with Gasteiger partial charge in [-0.15, -0.1) is 0 Å². The summed E-state index contributed by atoms with van der Waals surface area (Å²) in [6.07, 6.45) is 1.20. The number of sulfonamides is 1. The number of aliphatic carboxylic acids is 1. The van der Waals surface area contributed by atoms with Gasteiger partial charge in [0.25, 0.3) is 5.69 Å². The minimum absolute atomic E-state index is 0.0117. The van der Waals surface area contributed by atoms with E-state index in [1.807, 2.05) is 4.72 Å². The molecule has 0 saturated heterocycles. The highest BCUT2D eigenvalue weighted by Gasteiger charge is 2.40. The van der Waals surface area contributed by atoms with Crippen molar-refractivity contribution in [3.05, 3.63) is 33.3 Å². The summed E-state index contributed by atoms with van der Waals surface area (Å²) in [7, 11) is -4.33. The van der Waals surface area contributed by atoms with E-state index in [2.05, 4.69) is 0 Å². The molecule has 0 aliphatic heterocycles. The minimum atomic E-state index is -4.33. The van der Waals surface area contributed by atoms with Crippen LogP contribution in [0.5, 0.6) is 0 Å². The average Bonchev–Trinajstić information content (AvgIpc) is 3.19. The molecule has 2 N–H and O–H groups in total. The Hall–Kier alpha value is -1.71. The van der Waals surface area contributed by atoms with Gasteiger partial charge in [0.2, 0.25) is 10.0 Å². The Morgan fingerprint density at radius 3 is 2.57 bits per heavy atom. The summed E-state index contributed by atoms with van der Waals surface area (Å²) >= 11 is 5.61. The Kier molecular flexibility index (Phi) is 4.17. The number of halogens is 1. The molecule has 1 saturated carbocycles. The Morgan fingerprint density at radius 1 is 1.48 bits per heavy atom. The SMILES string of the molecule is O=C(O)C(NS(=O)(=O)c1ccc(Cl)cc1[N+](=O)[O-])C1CC1. The summed E-state index contributed by atoms with van der Waals surface area (Å²) in [5, 5.41) is 20.0. The second-order valence-corrected chi connectivity index (χ2v) is 6.76. The topological polar surface area (TPSA) is 127 Å². The molecule has 1 aliphatic carbocycles. The number of carboxylic acid groups (broad SMARTS) is 1. The fraction of sp³-hybridized carbons (Fsp3) is 0.364. The average molecular weight is 335 g/mol. The summed E-state index contributed by atoms with van der Waals surface area (Å²) in [5.74, 6) is -1.60. The van der Waals surface area contributed by atoms with Crippen LogP contribution in [0.15, 0.2) is 23.1 Å². The van der Waals surface area contributed by atoms with E-state index in [-0.39, 0.29) is 10.9 Å². The number of nitro benzene ring substituents is 1. The molecule has 114 valence electrons. The molecule has 1 fully saturated rings. The van der Waals surface area contributed by atoms with Crippen LogP contribution in [0.3, 0.4) is 0 Å². The second-order valence-electron chi connectivity index (χ2n) is 4.64. The van der Waals surface area contributed by atoms with Gasteiger partial charge in [-0.3, -0.25) is 14.9 Å². The van der Waals surface area contributed by atoms with E-state index in [0.717, 1.165) is 12.1 Å². The Bertz CT molecular complexity index is 701. The van der Waals surface area contributed by atoms with Crippen molar-refractivity contribution in [3.63, 3.8) is 0 Å². The van der Waals surface area contributed by atoms with Crippen LogP contribution in [-0.4, -0.2) is 30.5 Å². The van der Waals surface area contributed by atoms with Gasteiger partial charge in [0, 0.05) is 11.1 Å². The van der Waals surface area contributed by atoms with E-state index in [9.17, 15) is 23.3 Å². The fourth-order valence-electron chi connectivity index (χ4n) is 1.87. The number of carbonyl (C=O) groups is 1. The summed E-state index contributed by atoms with van der Waals surface area (Å²) in [6, 6.07) is 1.79. The third kappa shape index (κ3) is 3.49. The van der Waals surface area contributed by atoms with Gasteiger partial charge in [-0.2, -0.15) is 4.72 Å². The molecular formula is C11H11ClN2O6S. The van der Waals surface area contributed by atoms with Gasteiger partial charge in [-0.05, 0) is 30.9 Å². The molecule has 21 heavy (non-hydrogen) atoms. The van der Waals surface area contributed by atoms with Crippen molar-refractivity contribution in [3.8, 4) is 0 Å². The summed E-state index contributed by atoms with van der Waals surface area (Å²) in [6.45, 7) is 0. The number of carboxylic acids is 1. The van der Waals surface area contributed by atoms with Crippen LogP contribution in [0.25, 0.3) is 0 Å². The molecule has 1 aromatic rings. The van der Waals surface area contributed by atoms with Crippen LogP contribution >= 0.6 is 11.6 Å². The largest absolute Gasteiger partial charge is 0.480 e. The van der Waals surface area contributed by atoms with Gasteiger partial charge >= 0.3 is 5.97 Å². The molecule has 0 radical (unpaired) electrons. The van der Waals surface area contributed by atoms with Crippen molar-refractivity contribution in [1.29, 1.82) is 0 Å². The van der Waals surface area contributed by atoms with Gasteiger partial charge in [-0.25, -0.2) is 8.42 Å². The quantitative estimate of drug-likeness (QED) is 0.598. The zero-order valence-corrected chi connectivity index (χ0v) is 12.1. The van der Waals surface area contributed by atoms with E-state index < -0.39 is 37.5 Å². The normalized spacial score (nSPS) is 16.4. The molecule has 0 aromatic heterocycles. The molecule has 0 bridgehead atoms. The molecule has 1 aliphatic rings. The van der Waals surface area contributed by atoms with Crippen LogP contribution in [0.2, 0.25) is 5.02 Å². The molecular weight excluding hydrogens is 324 g/mol. The molecule has 10 heteroatoms. The molecule has 1 unspecified atom stereocenters. The van der Waals surface area contributed by atoms with Crippen LogP contribution in [0.1, 0.15) is 12.8 Å². The van der Waals surface area contributed by atoms with Gasteiger partial charge in [0.1, 0.15) is 6.04 Å². The van der Waals surface area contributed by atoms with Crippen molar-refractivity contribution in [2.45, 2.75) is 23.8 Å². The van der Waals surface area contributed by atoms with Crippen molar-refractivity contribution in [2.75, 3.05) is 0 Å². The molecule has 0 amide bonds. The third-order valence-corrected chi connectivity index (χ3v) is 4.77. The molecule has 8 nitrogen and oxygen atoms in total. The highest BCUT2D eigenvalue weighted by Crippen LogP contribution is 2.34. The molecule has 0 heterocycles. The zero-order valence-electron chi connectivity index (χ0n) is 10.5. The highest BCUT2D eigenvalue weighted by molar-refractivity contribution is 7.89. The molecule has 0 spiro atoms. The van der Waals surface area contributed by atoms with Crippen LogP contribution in [0.4, 0.5) is 5.69 Å². The lowest BCUT2D eigenvalue weighted by Crippen LogP contribution is -2.42. The predicted molar refractivity (Wildman–Crippen MR) is 72.6 cm³/mol. The lowest BCUT2D eigenvalue weighted by atomic mass is 10.2. The van der Waals surface area contributed by atoms with E-state index in [0.29, 0.717) is 12.8 Å². The van der Waals surface area contributed by atoms with E-state index >= 15 is 0 Å².